The molecule has 0 amide bonds. The van der Waals surface area contributed by atoms with Crippen LogP contribution in [0.1, 0.15) is 50.0 Å². The van der Waals surface area contributed by atoms with Crippen LogP contribution in [0.5, 0.6) is 0 Å². The molecule has 1 aromatic carbocycles. The monoisotopic (exact) mass is 362 g/mol. The number of ether oxygens (including phenoxy) is 2. The molecule has 7 heteroatoms. The molecular formula is C18H19F5O2. The van der Waals surface area contributed by atoms with E-state index in [4.69, 9.17) is 9.47 Å². The van der Waals surface area contributed by atoms with Crippen molar-refractivity contribution in [1.29, 1.82) is 0 Å². The van der Waals surface area contributed by atoms with Crippen molar-refractivity contribution in [3.63, 3.8) is 0 Å². The molecule has 1 fully saturated rings. The molecule has 2 nitrogen and oxygen atoms in total. The second-order valence-electron chi connectivity index (χ2n) is 5.97. The summed E-state index contributed by atoms with van der Waals surface area (Å²) in [6, 6.07) is 1.79. The molecule has 25 heavy (non-hydrogen) atoms. The molecule has 138 valence electrons. The maximum Gasteiger partial charge on any atom is 0.458 e. The predicted octanol–water partition coefficient (Wildman–Crippen LogP) is 5.12. The number of alkyl halides is 3. The average molecular weight is 362 g/mol. The summed E-state index contributed by atoms with van der Waals surface area (Å²) in [5, 5.41) is 0. The first-order valence-electron chi connectivity index (χ1n) is 8.12. The molecule has 1 saturated heterocycles. The van der Waals surface area contributed by atoms with E-state index in [9.17, 15) is 22.0 Å². The van der Waals surface area contributed by atoms with Crippen LogP contribution in [0.2, 0.25) is 0 Å². The Balaban J connectivity index is 2.03. The Morgan fingerprint density at radius 3 is 2.20 bits per heavy atom. The molecule has 0 aliphatic carbocycles. The quantitative estimate of drug-likeness (QED) is 0.411. The summed E-state index contributed by atoms with van der Waals surface area (Å²) in [5.41, 5.74) is -0.839. The molecule has 0 unspecified atom stereocenters. The lowest BCUT2D eigenvalue weighted by atomic mass is 10.0. The van der Waals surface area contributed by atoms with E-state index < -0.39 is 29.7 Å². The first kappa shape index (κ1) is 19.7. The third kappa shape index (κ3) is 5.98. The van der Waals surface area contributed by atoms with E-state index in [1.54, 1.807) is 0 Å². The first-order valence-corrected chi connectivity index (χ1v) is 8.12. The van der Waals surface area contributed by atoms with Gasteiger partial charge in [-0.3, -0.25) is 0 Å². The van der Waals surface area contributed by atoms with Gasteiger partial charge in [0.05, 0.1) is 18.8 Å². The van der Waals surface area contributed by atoms with E-state index in [1.807, 2.05) is 0 Å². The fourth-order valence-electron chi connectivity index (χ4n) is 2.57. The van der Waals surface area contributed by atoms with E-state index in [0.717, 1.165) is 43.7 Å². The lowest BCUT2D eigenvalue weighted by Crippen LogP contribution is -2.27. The summed E-state index contributed by atoms with van der Waals surface area (Å²) in [6.45, 7) is 2.93. The van der Waals surface area contributed by atoms with Gasteiger partial charge in [0.2, 0.25) is 0 Å². The topological polar surface area (TPSA) is 18.5 Å². The lowest BCUT2D eigenvalue weighted by Gasteiger charge is -2.29. The standard InChI is InChI=1S/C18H19F5O2/c1-2-3-4-5-12-10-24-17(25-11-12)13-8-15(19)14(16(20)9-13)6-7-18(21,22)23/h8-9,12,17H,2-5,10-11H2,1H3. The van der Waals surface area contributed by atoms with Gasteiger partial charge in [-0.25, -0.2) is 8.78 Å². The van der Waals surface area contributed by atoms with Crippen molar-refractivity contribution in [3.05, 3.63) is 34.9 Å². The summed E-state index contributed by atoms with van der Waals surface area (Å²) in [5.74, 6) is 0.214. The van der Waals surface area contributed by atoms with E-state index in [1.165, 1.54) is 5.92 Å². The summed E-state index contributed by atoms with van der Waals surface area (Å²) in [7, 11) is 0. The molecule has 0 saturated carbocycles. The van der Waals surface area contributed by atoms with Crippen LogP contribution in [0.15, 0.2) is 12.1 Å². The summed E-state index contributed by atoms with van der Waals surface area (Å²) < 4.78 is 75.0. The summed E-state index contributed by atoms with van der Waals surface area (Å²) >= 11 is 0. The zero-order valence-electron chi connectivity index (χ0n) is 13.8. The number of rotatable bonds is 5. The zero-order chi connectivity index (χ0) is 18.4. The molecule has 0 bridgehead atoms. The molecule has 1 aromatic rings. The fraction of sp³-hybridized carbons (Fsp3) is 0.556. The van der Waals surface area contributed by atoms with Crippen molar-refractivity contribution in [1.82, 2.24) is 0 Å². The van der Waals surface area contributed by atoms with E-state index in [-0.39, 0.29) is 11.5 Å². The largest absolute Gasteiger partial charge is 0.458 e. The van der Waals surface area contributed by atoms with Crippen molar-refractivity contribution >= 4 is 0 Å². The maximum absolute atomic E-state index is 13.9. The fourth-order valence-corrected chi connectivity index (χ4v) is 2.57. The predicted molar refractivity (Wildman–Crippen MR) is 81.6 cm³/mol. The Labute approximate surface area is 143 Å². The minimum atomic E-state index is -4.82. The highest BCUT2D eigenvalue weighted by molar-refractivity contribution is 5.40. The number of unbranched alkanes of at least 4 members (excludes halogenated alkanes) is 2. The maximum atomic E-state index is 13.9. The van der Waals surface area contributed by atoms with Crippen LogP contribution in [-0.2, 0) is 9.47 Å². The minimum absolute atomic E-state index is 0.0829. The summed E-state index contributed by atoms with van der Waals surface area (Å²) in [4.78, 5) is 0. The zero-order valence-corrected chi connectivity index (χ0v) is 13.8. The van der Waals surface area contributed by atoms with Crippen LogP contribution < -0.4 is 0 Å². The van der Waals surface area contributed by atoms with Gasteiger partial charge in [-0.15, -0.1) is 0 Å². The molecule has 0 spiro atoms. The van der Waals surface area contributed by atoms with Crippen molar-refractivity contribution in [2.24, 2.45) is 5.92 Å². The van der Waals surface area contributed by atoms with Gasteiger partial charge in [-0.2, -0.15) is 13.2 Å². The van der Waals surface area contributed by atoms with Crippen LogP contribution in [0.3, 0.4) is 0 Å². The number of halogens is 5. The third-order valence-corrected chi connectivity index (χ3v) is 3.85. The number of benzene rings is 1. The van der Waals surface area contributed by atoms with Crippen LogP contribution in [0.4, 0.5) is 22.0 Å². The van der Waals surface area contributed by atoms with Crippen LogP contribution in [0.25, 0.3) is 0 Å². The van der Waals surface area contributed by atoms with Gasteiger partial charge in [0.15, 0.2) is 6.29 Å². The Morgan fingerprint density at radius 1 is 1.08 bits per heavy atom. The average Bonchev–Trinajstić information content (AvgIpc) is 2.54. The molecule has 1 aliphatic heterocycles. The third-order valence-electron chi connectivity index (χ3n) is 3.85. The van der Waals surface area contributed by atoms with E-state index in [0.29, 0.717) is 13.2 Å². The first-order chi connectivity index (χ1) is 11.8. The van der Waals surface area contributed by atoms with Gasteiger partial charge < -0.3 is 9.47 Å². The Hall–Kier alpha value is -1.65. The van der Waals surface area contributed by atoms with Crippen LogP contribution in [0, 0.1) is 29.4 Å². The Bertz CT molecular complexity index is 614. The molecule has 0 aromatic heterocycles. The SMILES string of the molecule is CCCCCC1COC(c2cc(F)c(C#CC(F)(F)F)c(F)c2)OC1. The smallest absolute Gasteiger partial charge is 0.348 e. The van der Waals surface area contributed by atoms with Crippen molar-refractivity contribution in [3.8, 4) is 11.8 Å². The second kappa shape index (κ2) is 8.63. The van der Waals surface area contributed by atoms with Crippen molar-refractivity contribution in [2.45, 2.75) is 45.1 Å². The lowest BCUT2D eigenvalue weighted by molar-refractivity contribution is -0.206. The van der Waals surface area contributed by atoms with Gasteiger partial charge >= 0.3 is 6.18 Å². The molecular weight excluding hydrogens is 343 g/mol. The van der Waals surface area contributed by atoms with Crippen LogP contribution >= 0.6 is 0 Å². The Morgan fingerprint density at radius 2 is 1.68 bits per heavy atom. The molecule has 0 N–H and O–H groups in total. The van der Waals surface area contributed by atoms with Crippen LogP contribution in [-0.4, -0.2) is 19.4 Å². The second-order valence-corrected chi connectivity index (χ2v) is 5.97. The van der Waals surface area contributed by atoms with E-state index in [2.05, 4.69) is 6.92 Å². The molecule has 0 radical (unpaired) electrons. The highest BCUT2D eigenvalue weighted by Crippen LogP contribution is 2.29. The van der Waals surface area contributed by atoms with Gasteiger partial charge in [0.1, 0.15) is 11.6 Å². The highest BCUT2D eigenvalue weighted by Gasteiger charge is 2.26. The van der Waals surface area contributed by atoms with Crippen molar-refractivity contribution < 1.29 is 31.4 Å². The number of hydrogen-bond acceptors (Lipinski definition) is 2. The number of hydrogen-bond donors (Lipinski definition) is 0. The van der Waals surface area contributed by atoms with Gasteiger partial charge in [-0.05, 0) is 18.6 Å². The van der Waals surface area contributed by atoms with Gasteiger partial charge in [0.25, 0.3) is 0 Å². The highest BCUT2D eigenvalue weighted by atomic mass is 19.4. The van der Waals surface area contributed by atoms with Gasteiger partial charge in [-0.1, -0.05) is 32.1 Å². The molecule has 1 heterocycles. The summed E-state index contributed by atoms with van der Waals surface area (Å²) in [6.07, 6.45) is -1.50. The Kier molecular flexibility index (Phi) is 6.79. The normalized spacial score (nSPS) is 20.9. The van der Waals surface area contributed by atoms with Gasteiger partial charge in [0, 0.05) is 17.4 Å². The van der Waals surface area contributed by atoms with Crippen molar-refractivity contribution in [2.75, 3.05) is 13.2 Å². The molecule has 2 rings (SSSR count). The molecule has 0 atom stereocenters. The van der Waals surface area contributed by atoms with E-state index >= 15 is 0 Å². The minimum Gasteiger partial charge on any atom is -0.348 e. The molecule has 1 aliphatic rings.